The van der Waals surface area contributed by atoms with Crippen LogP contribution >= 0.6 is 0 Å². The number of anilines is 1. The molecule has 1 saturated carbocycles. The van der Waals surface area contributed by atoms with E-state index in [1.165, 1.54) is 4.90 Å². The highest BCUT2D eigenvalue weighted by Crippen LogP contribution is 2.42. The van der Waals surface area contributed by atoms with Crippen LogP contribution < -0.4 is 9.64 Å². The second kappa shape index (κ2) is 9.05. The zero-order chi connectivity index (χ0) is 23.8. The number of hydrogen-bond donors (Lipinski definition) is 0. The zero-order valence-electron chi connectivity index (χ0n) is 19.2. The van der Waals surface area contributed by atoms with Crippen molar-refractivity contribution in [3.8, 4) is 5.75 Å². The van der Waals surface area contributed by atoms with E-state index in [1.807, 2.05) is 30.3 Å². The van der Waals surface area contributed by atoms with Crippen LogP contribution in [0.1, 0.15) is 38.2 Å². The Morgan fingerprint density at radius 2 is 1.65 bits per heavy atom. The Hall–Kier alpha value is -3.48. The summed E-state index contributed by atoms with van der Waals surface area (Å²) in [7, 11) is 0. The van der Waals surface area contributed by atoms with Crippen molar-refractivity contribution in [1.82, 2.24) is 4.90 Å². The highest BCUT2D eigenvalue weighted by Gasteiger charge is 2.50. The fourth-order valence-corrected chi connectivity index (χ4v) is 5.39. The quantitative estimate of drug-likeness (QED) is 0.387. The van der Waals surface area contributed by atoms with Crippen LogP contribution in [0.15, 0.2) is 54.6 Å². The molecule has 2 heterocycles. The number of likely N-dealkylation sites (tertiary alicyclic amines) is 1. The molecule has 3 aliphatic rings. The van der Waals surface area contributed by atoms with Crippen LogP contribution in [0, 0.1) is 23.7 Å². The normalized spacial score (nSPS) is 26.7. The summed E-state index contributed by atoms with van der Waals surface area (Å²) in [6.45, 7) is 2.91. The topological polar surface area (TPSA) is 84.0 Å². The molecule has 0 unspecified atom stereocenters. The van der Waals surface area contributed by atoms with Crippen molar-refractivity contribution in [2.75, 3.05) is 11.4 Å². The van der Waals surface area contributed by atoms with Gasteiger partial charge in [0.15, 0.2) is 0 Å². The Labute approximate surface area is 198 Å². The third kappa shape index (κ3) is 4.22. The summed E-state index contributed by atoms with van der Waals surface area (Å²) in [4.78, 5) is 53.8. The number of benzene rings is 2. The lowest BCUT2D eigenvalue weighted by Crippen LogP contribution is -2.30. The molecule has 34 heavy (non-hydrogen) atoms. The lowest BCUT2D eigenvalue weighted by atomic mass is 9.76. The third-order valence-electron chi connectivity index (χ3n) is 7.27. The van der Waals surface area contributed by atoms with Crippen LogP contribution in [0.3, 0.4) is 0 Å². The highest BCUT2D eigenvalue weighted by atomic mass is 16.5. The first-order chi connectivity index (χ1) is 16.4. The molecule has 0 bridgehead atoms. The molecule has 4 atom stereocenters. The number of esters is 1. The maximum Gasteiger partial charge on any atom is 0.316 e. The minimum Gasteiger partial charge on any atom is -0.426 e. The van der Waals surface area contributed by atoms with Gasteiger partial charge in [-0.25, -0.2) is 0 Å². The fourth-order valence-electron chi connectivity index (χ4n) is 5.39. The number of hydrogen-bond acceptors (Lipinski definition) is 5. The van der Waals surface area contributed by atoms with Gasteiger partial charge in [-0.05, 0) is 55.0 Å². The molecule has 2 aliphatic heterocycles. The van der Waals surface area contributed by atoms with Crippen LogP contribution in [0.4, 0.5) is 5.69 Å². The summed E-state index contributed by atoms with van der Waals surface area (Å²) >= 11 is 0. The van der Waals surface area contributed by atoms with Gasteiger partial charge >= 0.3 is 5.97 Å². The predicted molar refractivity (Wildman–Crippen MR) is 125 cm³/mol. The van der Waals surface area contributed by atoms with E-state index in [2.05, 4.69) is 6.92 Å². The maximum atomic E-state index is 12.9. The monoisotopic (exact) mass is 460 g/mol. The Morgan fingerprint density at radius 1 is 0.941 bits per heavy atom. The Balaban J connectivity index is 1.21. The number of carbonyl (C=O) groups excluding carboxylic acids is 4. The Kier molecular flexibility index (Phi) is 5.94. The van der Waals surface area contributed by atoms with Gasteiger partial charge in [0, 0.05) is 19.5 Å². The second-order valence-electron chi connectivity index (χ2n) is 9.72. The number of ether oxygens (including phenoxy) is 1. The molecule has 2 aromatic rings. The molecule has 1 aliphatic carbocycles. The highest BCUT2D eigenvalue weighted by molar-refractivity contribution is 6.22. The van der Waals surface area contributed by atoms with Crippen LogP contribution in [0.25, 0.3) is 0 Å². The van der Waals surface area contributed by atoms with E-state index in [1.54, 1.807) is 29.2 Å². The summed E-state index contributed by atoms with van der Waals surface area (Å²) in [5.74, 6) is -0.981. The van der Waals surface area contributed by atoms with E-state index in [4.69, 9.17) is 4.74 Å². The van der Waals surface area contributed by atoms with Gasteiger partial charge in [-0.2, -0.15) is 0 Å². The molecule has 0 radical (unpaired) electrons. The van der Waals surface area contributed by atoms with Crippen molar-refractivity contribution in [1.29, 1.82) is 0 Å². The van der Waals surface area contributed by atoms with Gasteiger partial charge in [0.05, 0.1) is 23.4 Å². The van der Waals surface area contributed by atoms with Crippen molar-refractivity contribution < 1.29 is 23.9 Å². The van der Waals surface area contributed by atoms with Crippen LogP contribution in [-0.2, 0) is 25.7 Å². The zero-order valence-corrected chi connectivity index (χ0v) is 19.2. The molecule has 3 amide bonds. The molecule has 2 saturated heterocycles. The summed E-state index contributed by atoms with van der Waals surface area (Å²) < 4.78 is 5.52. The first kappa shape index (κ1) is 22.3. The number of rotatable bonds is 5. The van der Waals surface area contributed by atoms with Crippen LogP contribution in [-0.4, -0.2) is 35.1 Å². The van der Waals surface area contributed by atoms with E-state index in [0.29, 0.717) is 30.4 Å². The van der Waals surface area contributed by atoms with Crippen LogP contribution in [0.5, 0.6) is 5.75 Å². The first-order valence-corrected chi connectivity index (χ1v) is 11.9. The van der Waals surface area contributed by atoms with Crippen molar-refractivity contribution in [3.05, 3.63) is 60.2 Å². The number of fused-ring (bicyclic) bond motifs is 1. The van der Waals surface area contributed by atoms with E-state index in [0.717, 1.165) is 24.8 Å². The van der Waals surface area contributed by atoms with Gasteiger partial charge < -0.3 is 9.64 Å². The molecule has 3 fully saturated rings. The van der Waals surface area contributed by atoms with Crippen molar-refractivity contribution in [2.45, 2.75) is 39.2 Å². The molecule has 7 nitrogen and oxygen atoms in total. The van der Waals surface area contributed by atoms with E-state index in [9.17, 15) is 19.2 Å². The Morgan fingerprint density at radius 3 is 2.38 bits per heavy atom. The summed E-state index contributed by atoms with van der Waals surface area (Å²) in [5.41, 5.74) is 1.52. The lowest BCUT2D eigenvalue weighted by Gasteiger charge is -2.25. The molecule has 0 spiro atoms. The summed E-state index contributed by atoms with van der Waals surface area (Å²) in [6.07, 6.45) is 2.60. The van der Waals surface area contributed by atoms with Gasteiger partial charge in [0.2, 0.25) is 17.7 Å². The predicted octanol–water partition coefficient (Wildman–Crippen LogP) is 3.57. The molecule has 5 rings (SSSR count). The van der Waals surface area contributed by atoms with E-state index in [-0.39, 0.29) is 36.0 Å². The number of amides is 3. The molecular weight excluding hydrogens is 432 g/mol. The molecule has 2 aromatic carbocycles. The van der Waals surface area contributed by atoms with Gasteiger partial charge in [-0.1, -0.05) is 37.3 Å². The molecule has 0 aromatic heterocycles. The van der Waals surface area contributed by atoms with Gasteiger partial charge in [0.1, 0.15) is 5.75 Å². The number of nitrogens with zero attached hydrogens (tertiary/aromatic N) is 2. The second-order valence-corrected chi connectivity index (χ2v) is 9.72. The van der Waals surface area contributed by atoms with Gasteiger partial charge in [-0.3, -0.25) is 24.1 Å². The third-order valence-corrected chi connectivity index (χ3v) is 7.27. The van der Waals surface area contributed by atoms with Crippen molar-refractivity contribution >= 4 is 29.4 Å². The SMILES string of the molecule is C[C@@H]1CC[C@@H]2C(=O)N(c3ccc(OC(=O)[C@H]4CC(=O)N(Cc5ccccc5)C4)cc3)C(=O)[C@@H]2C1. The average Bonchev–Trinajstić information content (AvgIpc) is 3.32. The molecule has 0 N–H and O–H groups in total. The van der Waals surface area contributed by atoms with Gasteiger partial charge in [0.25, 0.3) is 0 Å². The molecular formula is C27H28N2O5. The summed E-state index contributed by atoms with van der Waals surface area (Å²) in [5, 5.41) is 0. The van der Waals surface area contributed by atoms with Crippen molar-refractivity contribution in [2.24, 2.45) is 23.7 Å². The average molecular weight is 461 g/mol. The maximum absolute atomic E-state index is 12.9. The largest absolute Gasteiger partial charge is 0.426 e. The smallest absolute Gasteiger partial charge is 0.316 e. The Bertz CT molecular complexity index is 1110. The minimum atomic E-state index is -0.525. The van der Waals surface area contributed by atoms with E-state index < -0.39 is 11.9 Å². The molecule has 176 valence electrons. The van der Waals surface area contributed by atoms with Crippen molar-refractivity contribution in [3.63, 3.8) is 0 Å². The van der Waals surface area contributed by atoms with Crippen LogP contribution in [0.2, 0.25) is 0 Å². The minimum absolute atomic E-state index is 0.0667. The van der Waals surface area contributed by atoms with E-state index >= 15 is 0 Å². The standard InChI is InChI=1S/C27H28N2O5/c1-17-7-12-22-23(13-17)26(32)29(25(22)31)20-8-10-21(11-9-20)34-27(33)19-14-24(30)28(16-19)15-18-5-3-2-4-6-18/h2-6,8-11,17,19,22-23H,7,12-16H2,1H3/t17-,19+,22+,23-/m1/s1. The number of carbonyl (C=O) groups is 4. The number of imide groups is 1. The van der Waals surface area contributed by atoms with Gasteiger partial charge in [-0.15, -0.1) is 0 Å². The molecule has 7 heteroatoms. The lowest BCUT2D eigenvalue weighted by molar-refractivity contribution is -0.139. The first-order valence-electron chi connectivity index (χ1n) is 11.9. The fraction of sp³-hybridized carbons (Fsp3) is 0.407. The summed E-state index contributed by atoms with van der Waals surface area (Å²) in [6, 6.07) is 16.1.